The molecule has 1 unspecified atom stereocenters. The molecule has 0 N–H and O–H groups in total. The molecule has 1 atom stereocenters. The van der Waals surface area contributed by atoms with Crippen molar-refractivity contribution in [2.75, 3.05) is 26.9 Å². The highest BCUT2D eigenvalue weighted by Gasteiger charge is 2.15. The van der Waals surface area contributed by atoms with Crippen molar-refractivity contribution in [1.82, 2.24) is 0 Å². The Morgan fingerprint density at radius 2 is 1.32 bits per heavy atom. The van der Waals surface area contributed by atoms with Gasteiger partial charge in [0.1, 0.15) is 6.61 Å². The van der Waals surface area contributed by atoms with E-state index in [4.69, 9.17) is 14.2 Å². The molecular weight excluding hydrogens is 392 g/mol. The summed E-state index contributed by atoms with van der Waals surface area (Å²) in [5, 5.41) is 0. The van der Waals surface area contributed by atoms with Gasteiger partial charge >= 0.3 is 5.97 Å². The summed E-state index contributed by atoms with van der Waals surface area (Å²) < 4.78 is 16.2. The van der Waals surface area contributed by atoms with Crippen LogP contribution >= 0.6 is 0 Å². The highest BCUT2D eigenvalue weighted by molar-refractivity contribution is 5.79. The van der Waals surface area contributed by atoms with Crippen LogP contribution in [0.5, 0.6) is 0 Å². The standard InChI is InChI=1S/C26H48O5/c1-5-7-9-11-13-15-17-25(27)22-30-20-24(19-23(3)29-4)21-31-26(28)18-16-14-12-10-8-6-2/h24H,3,5-22H2,1-2,4H3. The Balaban J connectivity index is 4.04. The Bertz CT molecular complexity index is 461. The largest absolute Gasteiger partial charge is 0.502 e. The lowest BCUT2D eigenvalue weighted by Crippen LogP contribution is -2.21. The van der Waals surface area contributed by atoms with Crippen molar-refractivity contribution in [2.24, 2.45) is 5.92 Å². The van der Waals surface area contributed by atoms with E-state index in [0.717, 1.165) is 25.7 Å². The molecule has 0 fully saturated rings. The first-order valence-electron chi connectivity index (χ1n) is 12.5. The van der Waals surface area contributed by atoms with Gasteiger partial charge < -0.3 is 14.2 Å². The third-order valence-corrected chi connectivity index (χ3v) is 5.45. The van der Waals surface area contributed by atoms with Crippen LogP contribution in [-0.4, -0.2) is 38.7 Å². The highest BCUT2D eigenvalue weighted by atomic mass is 16.5. The van der Waals surface area contributed by atoms with Gasteiger partial charge in [0.15, 0.2) is 5.78 Å². The molecule has 182 valence electrons. The molecular formula is C26H48O5. The number of unbranched alkanes of at least 4 members (excludes halogenated alkanes) is 10. The van der Waals surface area contributed by atoms with E-state index in [1.165, 1.54) is 51.4 Å². The highest BCUT2D eigenvalue weighted by Crippen LogP contribution is 2.14. The number of Topliss-reactive ketones (excluding diaryl/α,β-unsaturated/α-hetero) is 1. The predicted molar refractivity (Wildman–Crippen MR) is 127 cm³/mol. The zero-order valence-electron chi connectivity index (χ0n) is 20.6. The van der Waals surface area contributed by atoms with Gasteiger partial charge in [-0.1, -0.05) is 84.6 Å². The molecule has 0 heterocycles. The van der Waals surface area contributed by atoms with Crippen molar-refractivity contribution in [3.8, 4) is 0 Å². The van der Waals surface area contributed by atoms with E-state index < -0.39 is 0 Å². The maximum Gasteiger partial charge on any atom is 0.305 e. The topological polar surface area (TPSA) is 61.8 Å². The van der Waals surface area contributed by atoms with E-state index in [1.807, 2.05) is 0 Å². The molecule has 0 rings (SSSR count). The molecule has 0 amide bonds. The summed E-state index contributed by atoms with van der Waals surface area (Å²) in [7, 11) is 1.58. The number of methoxy groups -OCH3 is 1. The maximum absolute atomic E-state index is 12.0. The Hall–Kier alpha value is -1.36. The Labute approximate surface area is 191 Å². The van der Waals surface area contributed by atoms with Gasteiger partial charge in [0, 0.05) is 25.2 Å². The molecule has 5 heteroatoms. The Kier molecular flexibility index (Phi) is 20.9. The van der Waals surface area contributed by atoms with Gasteiger partial charge in [-0.15, -0.1) is 0 Å². The quantitative estimate of drug-likeness (QED) is 0.0995. The van der Waals surface area contributed by atoms with E-state index in [1.54, 1.807) is 7.11 Å². The van der Waals surface area contributed by atoms with E-state index in [9.17, 15) is 9.59 Å². The minimum atomic E-state index is -0.164. The molecule has 0 saturated heterocycles. The lowest BCUT2D eigenvalue weighted by molar-refractivity contribution is -0.146. The molecule has 0 aliphatic carbocycles. The molecule has 0 aromatic heterocycles. The molecule has 31 heavy (non-hydrogen) atoms. The smallest absolute Gasteiger partial charge is 0.305 e. The summed E-state index contributed by atoms with van der Waals surface area (Å²) >= 11 is 0. The predicted octanol–water partition coefficient (Wildman–Crippen LogP) is 6.78. The van der Waals surface area contributed by atoms with Crippen LogP contribution in [-0.2, 0) is 23.8 Å². The van der Waals surface area contributed by atoms with Crippen LogP contribution in [0.1, 0.15) is 110 Å². The Morgan fingerprint density at radius 1 is 0.774 bits per heavy atom. The number of esters is 1. The molecule has 5 nitrogen and oxygen atoms in total. The zero-order valence-corrected chi connectivity index (χ0v) is 20.6. The molecule has 0 bridgehead atoms. The molecule has 0 spiro atoms. The average molecular weight is 441 g/mol. The minimum absolute atomic E-state index is 0.0530. The normalized spacial score (nSPS) is 11.8. The molecule has 0 aromatic rings. The summed E-state index contributed by atoms with van der Waals surface area (Å²) in [5.74, 6) is 0.546. The lowest BCUT2D eigenvalue weighted by atomic mass is 10.1. The average Bonchev–Trinajstić information content (AvgIpc) is 2.76. The van der Waals surface area contributed by atoms with Crippen molar-refractivity contribution < 1.29 is 23.8 Å². The van der Waals surface area contributed by atoms with Crippen LogP contribution in [0.2, 0.25) is 0 Å². The van der Waals surface area contributed by atoms with E-state index in [0.29, 0.717) is 31.6 Å². The third-order valence-electron chi connectivity index (χ3n) is 5.45. The first-order valence-corrected chi connectivity index (χ1v) is 12.5. The second-order valence-corrected chi connectivity index (χ2v) is 8.59. The van der Waals surface area contributed by atoms with Crippen molar-refractivity contribution in [3.05, 3.63) is 12.3 Å². The molecule has 0 saturated carbocycles. The summed E-state index contributed by atoms with van der Waals surface area (Å²) in [4.78, 5) is 24.0. The van der Waals surface area contributed by atoms with Gasteiger partial charge in [-0.3, -0.25) is 9.59 Å². The van der Waals surface area contributed by atoms with Crippen LogP contribution in [0.3, 0.4) is 0 Å². The zero-order chi connectivity index (χ0) is 23.2. The number of ketones is 1. The Morgan fingerprint density at radius 3 is 1.90 bits per heavy atom. The monoisotopic (exact) mass is 440 g/mol. The number of rotatable bonds is 23. The van der Waals surface area contributed by atoms with E-state index >= 15 is 0 Å². The van der Waals surface area contributed by atoms with Gasteiger partial charge in [0.25, 0.3) is 0 Å². The minimum Gasteiger partial charge on any atom is -0.502 e. The van der Waals surface area contributed by atoms with Gasteiger partial charge in [-0.05, 0) is 12.8 Å². The fourth-order valence-electron chi connectivity index (χ4n) is 3.42. The lowest BCUT2D eigenvalue weighted by Gasteiger charge is -2.18. The van der Waals surface area contributed by atoms with Crippen LogP contribution in [0.25, 0.3) is 0 Å². The SMILES string of the molecule is C=C(CC(COCC(=O)CCCCCCCC)COC(=O)CCCCCCCC)OC. The van der Waals surface area contributed by atoms with Crippen molar-refractivity contribution in [2.45, 2.75) is 110 Å². The fourth-order valence-corrected chi connectivity index (χ4v) is 3.42. The van der Waals surface area contributed by atoms with Gasteiger partial charge in [-0.2, -0.15) is 0 Å². The van der Waals surface area contributed by atoms with Crippen LogP contribution < -0.4 is 0 Å². The number of carbonyl (C=O) groups is 2. The summed E-state index contributed by atoms with van der Waals surface area (Å²) in [5.41, 5.74) is 0. The first kappa shape index (κ1) is 29.6. The summed E-state index contributed by atoms with van der Waals surface area (Å²) in [6.45, 7) is 9.00. The number of ether oxygens (including phenoxy) is 3. The van der Waals surface area contributed by atoms with Crippen LogP contribution in [0.15, 0.2) is 12.3 Å². The fraction of sp³-hybridized carbons (Fsp3) is 0.846. The first-order chi connectivity index (χ1) is 15.0. The molecule has 0 radical (unpaired) electrons. The van der Waals surface area contributed by atoms with Gasteiger partial charge in [-0.25, -0.2) is 0 Å². The molecule has 0 aliphatic rings. The third kappa shape index (κ3) is 20.3. The number of allylic oxidation sites excluding steroid dienone is 1. The summed E-state index contributed by atoms with van der Waals surface area (Å²) in [6, 6.07) is 0. The van der Waals surface area contributed by atoms with Gasteiger partial charge in [0.2, 0.25) is 0 Å². The molecule has 0 aliphatic heterocycles. The number of hydrogen-bond acceptors (Lipinski definition) is 5. The number of carbonyl (C=O) groups excluding carboxylic acids is 2. The van der Waals surface area contributed by atoms with Crippen molar-refractivity contribution in [1.29, 1.82) is 0 Å². The summed E-state index contributed by atoms with van der Waals surface area (Å²) in [6.07, 6.45) is 15.4. The maximum atomic E-state index is 12.0. The second kappa shape index (κ2) is 21.9. The van der Waals surface area contributed by atoms with Gasteiger partial charge in [0.05, 0.1) is 26.1 Å². The number of hydrogen-bond donors (Lipinski definition) is 0. The van der Waals surface area contributed by atoms with Crippen LogP contribution in [0, 0.1) is 5.92 Å². The molecule has 0 aromatic carbocycles. The van der Waals surface area contributed by atoms with Crippen LogP contribution in [0.4, 0.5) is 0 Å². The van der Waals surface area contributed by atoms with E-state index in [2.05, 4.69) is 20.4 Å². The van der Waals surface area contributed by atoms with Crippen molar-refractivity contribution >= 4 is 11.8 Å². The van der Waals surface area contributed by atoms with E-state index in [-0.39, 0.29) is 30.9 Å². The van der Waals surface area contributed by atoms with Crippen molar-refractivity contribution in [3.63, 3.8) is 0 Å². The second-order valence-electron chi connectivity index (χ2n) is 8.59.